The molecule has 1 aliphatic rings. The van der Waals surface area contributed by atoms with Crippen molar-refractivity contribution in [3.63, 3.8) is 0 Å². The van der Waals surface area contributed by atoms with E-state index >= 15 is 0 Å². The normalized spacial score (nSPS) is 17.7. The van der Waals surface area contributed by atoms with E-state index < -0.39 is 39.8 Å². The molecule has 166 valence electrons. The highest BCUT2D eigenvalue weighted by Gasteiger charge is 2.52. The van der Waals surface area contributed by atoms with Gasteiger partial charge in [-0.15, -0.1) is 0 Å². The Morgan fingerprint density at radius 2 is 1.58 bits per heavy atom. The Morgan fingerprint density at radius 3 is 2.13 bits per heavy atom. The van der Waals surface area contributed by atoms with Gasteiger partial charge in [0.15, 0.2) is 15.6 Å². The zero-order valence-electron chi connectivity index (χ0n) is 18.8. The van der Waals surface area contributed by atoms with Crippen molar-refractivity contribution in [2.45, 2.75) is 58.5 Å². The summed E-state index contributed by atoms with van der Waals surface area (Å²) in [5.41, 5.74) is 0.480. The summed E-state index contributed by atoms with van der Waals surface area (Å²) >= 11 is 0. The smallest absolute Gasteiger partial charge is 0.399 e. The first kappa shape index (κ1) is 23.6. The highest BCUT2D eigenvalue weighted by Crippen LogP contribution is 2.37. The lowest BCUT2D eigenvalue weighted by atomic mass is 9.73. The van der Waals surface area contributed by atoms with Gasteiger partial charge >= 0.3 is 7.12 Å². The van der Waals surface area contributed by atoms with Gasteiger partial charge in [0.05, 0.1) is 22.5 Å². The predicted octanol–water partition coefficient (Wildman–Crippen LogP) is 3.60. The van der Waals surface area contributed by atoms with Gasteiger partial charge in [-0.3, -0.25) is 4.79 Å². The van der Waals surface area contributed by atoms with E-state index in [0.717, 1.165) is 0 Å². The van der Waals surface area contributed by atoms with Crippen LogP contribution in [0.1, 0.15) is 61.7 Å². The zero-order chi connectivity index (χ0) is 23.2. The second-order valence-electron chi connectivity index (χ2n) is 9.00. The maximum atomic E-state index is 14.5. The van der Waals surface area contributed by atoms with Crippen molar-refractivity contribution >= 4 is 28.2 Å². The average Bonchev–Trinajstić information content (AvgIpc) is 2.88. The molecule has 31 heavy (non-hydrogen) atoms. The Balaban J connectivity index is 2.11. The van der Waals surface area contributed by atoms with E-state index in [2.05, 4.69) is 0 Å². The number of carbonyl (C=O) groups excluding carboxylic acids is 1. The van der Waals surface area contributed by atoms with E-state index in [-0.39, 0.29) is 22.6 Å². The maximum absolute atomic E-state index is 14.5. The molecule has 2 aromatic rings. The van der Waals surface area contributed by atoms with Crippen LogP contribution in [0.15, 0.2) is 36.4 Å². The van der Waals surface area contributed by atoms with Crippen LogP contribution in [-0.2, 0) is 24.9 Å². The first-order valence-corrected chi connectivity index (χ1v) is 12.1. The Hall–Kier alpha value is -2.03. The van der Waals surface area contributed by atoms with Crippen molar-refractivity contribution in [2.24, 2.45) is 0 Å². The lowest BCUT2D eigenvalue weighted by Crippen LogP contribution is -2.41. The number of ketones is 1. The van der Waals surface area contributed by atoms with Crippen LogP contribution >= 0.6 is 0 Å². The van der Waals surface area contributed by atoms with E-state index in [4.69, 9.17) is 9.31 Å². The number of benzene rings is 2. The molecule has 0 N–H and O–H groups in total. The minimum atomic E-state index is -3.28. The number of carbonyl (C=O) groups is 1. The first-order chi connectivity index (χ1) is 14.3. The average molecular weight is 446 g/mol. The third-order valence-corrected chi connectivity index (χ3v) is 7.72. The van der Waals surface area contributed by atoms with Crippen LogP contribution in [0, 0.1) is 12.7 Å². The summed E-state index contributed by atoms with van der Waals surface area (Å²) in [5, 5.41) is 0. The molecule has 1 saturated heterocycles. The first-order valence-electron chi connectivity index (χ1n) is 10.3. The number of rotatable bonds is 6. The molecule has 0 atom stereocenters. The molecule has 0 saturated carbocycles. The van der Waals surface area contributed by atoms with Crippen LogP contribution in [0.2, 0.25) is 0 Å². The highest BCUT2D eigenvalue weighted by molar-refractivity contribution is 7.90. The van der Waals surface area contributed by atoms with Crippen molar-refractivity contribution in [3.8, 4) is 0 Å². The summed E-state index contributed by atoms with van der Waals surface area (Å²) in [7, 11) is -4.17. The molecule has 1 aliphatic heterocycles. The van der Waals surface area contributed by atoms with Crippen molar-refractivity contribution in [3.05, 3.63) is 64.5 Å². The zero-order valence-corrected chi connectivity index (χ0v) is 19.6. The van der Waals surface area contributed by atoms with Gasteiger partial charge in [0, 0.05) is 11.3 Å². The molecule has 2 aromatic carbocycles. The fraction of sp³-hybridized carbons (Fsp3) is 0.435. The lowest BCUT2D eigenvalue weighted by Gasteiger charge is -2.32. The predicted molar refractivity (Wildman–Crippen MR) is 120 cm³/mol. The standard InChI is InChI=1S/C23H28BFO5S/c1-7-31(27,28)14-16-9-11-17(21(26)18-10-8-15(2)12-20(18)25)19(13-16)24-29-22(3,4)23(5,6)30-24/h8-13H,7,14H2,1-6H3. The van der Waals surface area contributed by atoms with E-state index in [9.17, 15) is 17.6 Å². The van der Waals surface area contributed by atoms with Crippen LogP contribution in [0.4, 0.5) is 4.39 Å². The Bertz CT molecular complexity index is 1110. The third-order valence-electron chi connectivity index (χ3n) is 6.06. The minimum absolute atomic E-state index is 0.00802. The second kappa shape index (κ2) is 8.15. The quantitative estimate of drug-likeness (QED) is 0.501. The molecule has 0 bridgehead atoms. The van der Waals surface area contributed by atoms with Crippen LogP contribution in [0.3, 0.4) is 0 Å². The summed E-state index contributed by atoms with van der Waals surface area (Å²) in [6.07, 6.45) is 0. The van der Waals surface area contributed by atoms with E-state index in [1.54, 1.807) is 32.0 Å². The molecule has 8 heteroatoms. The van der Waals surface area contributed by atoms with Crippen LogP contribution in [0.5, 0.6) is 0 Å². The van der Waals surface area contributed by atoms with Gasteiger partial charge in [-0.2, -0.15) is 0 Å². The van der Waals surface area contributed by atoms with Crippen LogP contribution < -0.4 is 5.46 Å². The van der Waals surface area contributed by atoms with E-state index in [1.807, 2.05) is 27.7 Å². The molecule has 0 aromatic heterocycles. The lowest BCUT2D eigenvalue weighted by molar-refractivity contribution is 0.00578. The molecule has 1 fully saturated rings. The van der Waals surface area contributed by atoms with Crippen LogP contribution in [0.25, 0.3) is 0 Å². The third kappa shape index (κ3) is 4.76. The molecule has 1 heterocycles. The van der Waals surface area contributed by atoms with Crippen molar-refractivity contribution in [1.29, 1.82) is 0 Å². The summed E-state index contributed by atoms with van der Waals surface area (Å²) < 4.78 is 51.1. The molecule has 0 radical (unpaired) electrons. The number of sulfone groups is 1. The van der Waals surface area contributed by atoms with Gasteiger partial charge < -0.3 is 9.31 Å². The number of aryl methyl sites for hydroxylation is 1. The SMILES string of the molecule is CCS(=O)(=O)Cc1ccc(C(=O)c2ccc(C)cc2F)c(B2OC(C)(C)C(C)(C)O2)c1. The van der Waals surface area contributed by atoms with Gasteiger partial charge in [0.2, 0.25) is 0 Å². The molecule has 5 nitrogen and oxygen atoms in total. The fourth-order valence-corrected chi connectivity index (χ4v) is 4.27. The van der Waals surface area contributed by atoms with Gasteiger partial charge in [-0.1, -0.05) is 31.2 Å². The van der Waals surface area contributed by atoms with Crippen molar-refractivity contribution in [1.82, 2.24) is 0 Å². The van der Waals surface area contributed by atoms with E-state index in [1.165, 1.54) is 18.2 Å². The molecular formula is C23H28BFO5S. The molecule has 0 unspecified atom stereocenters. The number of hydrogen-bond acceptors (Lipinski definition) is 5. The summed E-state index contributed by atoms with van der Waals surface area (Å²) in [4.78, 5) is 13.3. The van der Waals surface area contributed by atoms with Gasteiger partial charge in [0.1, 0.15) is 5.82 Å². The summed E-state index contributed by atoms with van der Waals surface area (Å²) in [6, 6.07) is 9.17. The van der Waals surface area contributed by atoms with Crippen molar-refractivity contribution < 1.29 is 26.9 Å². The minimum Gasteiger partial charge on any atom is -0.399 e. The molecule has 3 rings (SSSR count). The monoisotopic (exact) mass is 446 g/mol. The van der Waals surface area contributed by atoms with Gasteiger partial charge in [-0.05, 0) is 63.3 Å². The summed E-state index contributed by atoms with van der Waals surface area (Å²) in [6.45, 7) is 10.9. The maximum Gasteiger partial charge on any atom is 0.495 e. The van der Waals surface area contributed by atoms with Crippen molar-refractivity contribution in [2.75, 3.05) is 5.75 Å². The van der Waals surface area contributed by atoms with E-state index in [0.29, 0.717) is 16.6 Å². The van der Waals surface area contributed by atoms with Crippen LogP contribution in [-0.4, -0.2) is 38.3 Å². The molecule has 0 aliphatic carbocycles. The fourth-order valence-electron chi connectivity index (χ4n) is 3.38. The second-order valence-corrected chi connectivity index (χ2v) is 11.4. The summed E-state index contributed by atoms with van der Waals surface area (Å²) in [5.74, 6) is -1.27. The molecule has 0 amide bonds. The number of hydrogen-bond donors (Lipinski definition) is 0. The largest absolute Gasteiger partial charge is 0.495 e. The topological polar surface area (TPSA) is 69.7 Å². The van der Waals surface area contributed by atoms with Gasteiger partial charge in [-0.25, -0.2) is 12.8 Å². The molecule has 0 spiro atoms. The molecular weight excluding hydrogens is 418 g/mol. The highest BCUT2D eigenvalue weighted by atomic mass is 32.2. The Morgan fingerprint density at radius 1 is 1.00 bits per heavy atom. The van der Waals surface area contributed by atoms with Gasteiger partial charge in [0.25, 0.3) is 0 Å². The number of halogens is 1. The Labute approximate surface area is 184 Å². The Kier molecular flexibility index (Phi) is 6.21.